The molecule has 0 fully saturated rings. The van der Waals surface area contributed by atoms with Gasteiger partial charge in [0.1, 0.15) is 5.69 Å². The van der Waals surface area contributed by atoms with Gasteiger partial charge in [0.25, 0.3) is 5.91 Å². The number of rotatable bonds is 5. The number of nitrogens with one attached hydrogen (secondary N) is 1. The predicted octanol–water partition coefficient (Wildman–Crippen LogP) is 1.50. The SMILES string of the molecule is CCN(C)CCNC(=O)c1cc(N)c2ccccc2n1. The van der Waals surface area contributed by atoms with Crippen molar-refractivity contribution >= 4 is 22.5 Å². The van der Waals surface area contributed by atoms with Gasteiger partial charge in [-0.05, 0) is 25.7 Å². The van der Waals surface area contributed by atoms with Gasteiger partial charge in [0, 0.05) is 24.2 Å². The molecule has 0 radical (unpaired) electrons. The average Bonchev–Trinajstić information content (AvgIpc) is 2.46. The summed E-state index contributed by atoms with van der Waals surface area (Å²) in [6.07, 6.45) is 0. The molecule has 0 atom stereocenters. The molecule has 2 rings (SSSR count). The van der Waals surface area contributed by atoms with Crippen LogP contribution in [0.25, 0.3) is 10.9 Å². The minimum atomic E-state index is -0.188. The number of nitrogens with two attached hydrogens (primary N) is 1. The Balaban J connectivity index is 2.10. The van der Waals surface area contributed by atoms with Crippen LogP contribution in [0.1, 0.15) is 17.4 Å². The van der Waals surface area contributed by atoms with E-state index in [-0.39, 0.29) is 5.91 Å². The zero-order valence-corrected chi connectivity index (χ0v) is 11.9. The van der Waals surface area contributed by atoms with E-state index in [1.807, 2.05) is 31.3 Å². The smallest absolute Gasteiger partial charge is 0.270 e. The molecule has 0 aliphatic carbocycles. The fourth-order valence-corrected chi connectivity index (χ4v) is 1.93. The monoisotopic (exact) mass is 272 g/mol. The van der Waals surface area contributed by atoms with Crippen LogP contribution in [0.5, 0.6) is 0 Å². The number of benzene rings is 1. The molecule has 0 aliphatic heterocycles. The third kappa shape index (κ3) is 3.24. The van der Waals surface area contributed by atoms with E-state index in [1.165, 1.54) is 0 Å². The highest BCUT2D eigenvalue weighted by Gasteiger charge is 2.10. The van der Waals surface area contributed by atoms with Gasteiger partial charge in [-0.2, -0.15) is 0 Å². The van der Waals surface area contributed by atoms with E-state index in [0.29, 0.717) is 17.9 Å². The first-order valence-electron chi connectivity index (χ1n) is 6.74. The van der Waals surface area contributed by atoms with Crippen molar-refractivity contribution in [2.75, 3.05) is 32.4 Å². The molecule has 0 spiro atoms. The van der Waals surface area contributed by atoms with Gasteiger partial charge in [-0.3, -0.25) is 4.79 Å². The van der Waals surface area contributed by atoms with Crippen molar-refractivity contribution in [1.82, 2.24) is 15.2 Å². The molecule has 1 heterocycles. The summed E-state index contributed by atoms with van der Waals surface area (Å²) in [5.41, 5.74) is 7.64. The van der Waals surface area contributed by atoms with Gasteiger partial charge in [-0.25, -0.2) is 4.98 Å². The van der Waals surface area contributed by atoms with Crippen molar-refractivity contribution < 1.29 is 4.79 Å². The number of para-hydroxylation sites is 1. The van der Waals surface area contributed by atoms with Crippen LogP contribution in [0.4, 0.5) is 5.69 Å². The van der Waals surface area contributed by atoms with Crippen molar-refractivity contribution in [3.8, 4) is 0 Å². The highest BCUT2D eigenvalue weighted by molar-refractivity contribution is 5.99. The molecule has 3 N–H and O–H groups in total. The van der Waals surface area contributed by atoms with E-state index in [2.05, 4.69) is 22.1 Å². The topological polar surface area (TPSA) is 71.2 Å². The number of pyridine rings is 1. The molecular formula is C15H20N4O. The first kappa shape index (κ1) is 14.3. The summed E-state index contributed by atoms with van der Waals surface area (Å²) in [4.78, 5) is 18.5. The summed E-state index contributed by atoms with van der Waals surface area (Å²) in [6, 6.07) is 9.16. The summed E-state index contributed by atoms with van der Waals surface area (Å²) >= 11 is 0. The van der Waals surface area contributed by atoms with E-state index >= 15 is 0 Å². The van der Waals surface area contributed by atoms with Crippen molar-refractivity contribution in [2.45, 2.75) is 6.92 Å². The maximum atomic E-state index is 12.1. The zero-order chi connectivity index (χ0) is 14.5. The second kappa shape index (κ2) is 6.34. The number of nitrogens with zero attached hydrogens (tertiary/aromatic N) is 2. The molecule has 1 aromatic heterocycles. The van der Waals surface area contributed by atoms with Crippen molar-refractivity contribution in [1.29, 1.82) is 0 Å². The molecule has 5 heteroatoms. The molecule has 0 saturated carbocycles. The summed E-state index contributed by atoms with van der Waals surface area (Å²) < 4.78 is 0. The summed E-state index contributed by atoms with van der Waals surface area (Å²) in [6.45, 7) is 4.44. The third-order valence-electron chi connectivity index (χ3n) is 3.30. The standard InChI is InChI=1S/C15H20N4O/c1-3-19(2)9-8-17-15(20)14-10-12(16)11-6-4-5-7-13(11)18-14/h4-7,10H,3,8-9H2,1-2H3,(H2,16,18)(H,17,20). The van der Waals surface area contributed by atoms with Crippen LogP contribution in [-0.4, -0.2) is 42.5 Å². The lowest BCUT2D eigenvalue weighted by Gasteiger charge is -2.14. The van der Waals surface area contributed by atoms with Crippen LogP contribution in [0.2, 0.25) is 0 Å². The predicted molar refractivity (Wildman–Crippen MR) is 81.7 cm³/mol. The minimum absolute atomic E-state index is 0.188. The molecule has 1 amide bonds. The number of aromatic nitrogens is 1. The molecule has 0 aliphatic rings. The number of carbonyl (C=O) groups excluding carboxylic acids is 1. The molecule has 5 nitrogen and oxygen atoms in total. The van der Waals surface area contributed by atoms with Crippen LogP contribution in [0, 0.1) is 0 Å². The lowest BCUT2D eigenvalue weighted by Crippen LogP contribution is -2.33. The van der Waals surface area contributed by atoms with Crippen LogP contribution in [0.3, 0.4) is 0 Å². The Hall–Kier alpha value is -2.14. The van der Waals surface area contributed by atoms with Crippen molar-refractivity contribution in [3.05, 3.63) is 36.0 Å². The van der Waals surface area contributed by atoms with Crippen LogP contribution < -0.4 is 11.1 Å². The lowest BCUT2D eigenvalue weighted by atomic mass is 10.1. The van der Waals surface area contributed by atoms with Crippen molar-refractivity contribution in [2.24, 2.45) is 0 Å². The lowest BCUT2D eigenvalue weighted by molar-refractivity contribution is 0.0945. The Morgan fingerprint density at radius 1 is 1.40 bits per heavy atom. The molecular weight excluding hydrogens is 252 g/mol. The normalized spacial score (nSPS) is 10.9. The molecule has 0 saturated heterocycles. The number of carbonyl (C=O) groups is 1. The Bertz CT molecular complexity index is 612. The van der Waals surface area contributed by atoms with Gasteiger partial charge in [0.05, 0.1) is 5.52 Å². The zero-order valence-electron chi connectivity index (χ0n) is 11.9. The Morgan fingerprint density at radius 2 is 2.15 bits per heavy atom. The Kier molecular flexibility index (Phi) is 4.53. The van der Waals surface area contributed by atoms with Gasteiger partial charge in [-0.15, -0.1) is 0 Å². The number of amides is 1. The van der Waals surface area contributed by atoms with Crippen LogP contribution in [0.15, 0.2) is 30.3 Å². The van der Waals surface area contributed by atoms with Crippen LogP contribution in [-0.2, 0) is 0 Å². The maximum Gasteiger partial charge on any atom is 0.270 e. The Morgan fingerprint density at radius 3 is 2.90 bits per heavy atom. The molecule has 0 bridgehead atoms. The number of hydrogen-bond acceptors (Lipinski definition) is 4. The van der Waals surface area contributed by atoms with Gasteiger partial charge in [0.15, 0.2) is 0 Å². The van der Waals surface area contributed by atoms with E-state index in [0.717, 1.165) is 24.0 Å². The average molecular weight is 272 g/mol. The first-order valence-corrected chi connectivity index (χ1v) is 6.74. The van der Waals surface area contributed by atoms with Gasteiger partial charge in [0.2, 0.25) is 0 Å². The second-order valence-electron chi connectivity index (χ2n) is 4.77. The fourth-order valence-electron chi connectivity index (χ4n) is 1.93. The molecule has 0 unspecified atom stereocenters. The van der Waals surface area contributed by atoms with Gasteiger partial charge < -0.3 is 16.0 Å². The Labute approximate surface area is 118 Å². The van der Waals surface area contributed by atoms with Gasteiger partial charge in [-0.1, -0.05) is 25.1 Å². The van der Waals surface area contributed by atoms with E-state index in [4.69, 9.17) is 5.73 Å². The van der Waals surface area contributed by atoms with Crippen molar-refractivity contribution in [3.63, 3.8) is 0 Å². The fraction of sp³-hybridized carbons (Fsp3) is 0.333. The molecule has 2 aromatic rings. The number of anilines is 1. The minimum Gasteiger partial charge on any atom is -0.398 e. The van der Waals surface area contributed by atoms with E-state index in [9.17, 15) is 4.79 Å². The molecule has 1 aromatic carbocycles. The maximum absolute atomic E-state index is 12.1. The van der Waals surface area contributed by atoms with Gasteiger partial charge >= 0.3 is 0 Å². The summed E-state index contributed by atoms with van der Waals surface area (Å²) in [5.74, 6) is -0.188. The highest BCUT2D eigenvalue weighted by atomic mass is 16.1. The summed E-state index contributed by atoms with van der Waals surface area (Å²) in [7, 11) is 2.01. The quantitative estimate of drug-likeness (QED) is 0.865. The largest absolute Gasteiger partial charge is 0.398 e. The van der Waals surface area contributed by atoms with Crippen LogP contribution >= 0.6 is 0 Å². The second-order valence-corrected chi connectivity index (χ2v) is 4.77. The van der Waals surface area contributed by atoms with E-state index < -0.39 is 0 Å². The summed E-state index contributed by atoms with van der Waals surface area (Å²) in [5, 5.41) is 3.73. The number of nitrogen functional groups attached to an aromatic ring is 1. The number of likely N-dealkylation sites (N-methyl/N-ethyl adjacent to an activating group) is 1. The first-order chi connectivity index (χ1) is 9.61. The highest BCUT2D eigenvalue weighted by Crippen LogP contribution is 2.19. The molecule has 20 heavy (non-hydrogen) atoms. The molecule has 106 valence electrons. The number of hydrogen-bond donors (Lipinski definition) is 2. The number of fused-ring (bicyclic) bond motifs is 1. The third-order valence-corrected chi connectivity index (χ3v) is 3.30. The van der Waals surface area contributed by atoms with E-state index in [1.54, 1.807) is 6.07 Å².